The van der Waals surface area contributed by atoms with Gasteiger partial charge in [0.1, 0.15) is 12.7 Å². The number of nitrogens with one attached hydrogen (secondary N) is 1. The van der Waals surface area contributed by atoms with E-state index in [1.807, 2.05) is 48.5 Å². The van der Waals surface area contributed by atoms with Crippen molar-refractivity contribution in [1.29, 1.82) is 0 Å². The molecule has 0 saturated heterocycles. The number of nitrogens with zero attached hydrogens (tertiary/aromatic N) is 3. The molecule has 0 unspecified atom stereocenters. The average Bonchev–Trinajstić information content (AvgIpc) is 3.19. The van der Waals surface area contributed by atoms with Crippen molar-refractivity contribution >= 4 is 29.1 Å². The van der Waals surface area contributed by atoms with Crippen LogP contribution in [0.5, 0.6) is 0 Å². The summed E-state index contributed by atoms with van der Waals surface area (Å²) >= 11 is 12.0. The molecule has 27 heavy (non-hydrogen) atoms. The lowest BCUT2D eigenvalue weighted by molar-refractivity contribution is -0.121. The molecule has 0 spiro atoms. The standard InChI is InChI=1S/C20H20Cl2N4O/c21-18-5-1-15(2-6-18)11-17(16-3-7-19(22)8-4-16)12-24-20(27)9-10-26-14-23-13-25-26/h1-8,13-14,17H,9-12H2,(H,24,27)/t17-/m0/s1. The Morgan fingerprint density at radius 2 is 1.70 bits per heavy atom. The molecule has 1 N–H and O–H groups in total. The van der Waals surface area contributed by atoms with Gasteiger partial charge in [0.2, 0.25) is 5.91 Å². The van der Waals surface area contributed by atoms with Gasteiger partial charge in [0.15, 0.2) is 0 Å². The zero-order chi connectivity index (χ0) is 19.1. The summed E-state index contributed by atoms with van der Waals surface area (Å²) in [6.45, 7) is 1.05. The van der Waals surface area contributed by atoms with Gasteiger partial charge in [0, 0.05) is 28.9 Å². The SMILES string of the molecule is O=C(CCn1cncn1)NC[C@H](Cc1ccc(Cl)cc1)c1ccc(Cl)cc1. The smallest absolute Gasteiger partial charge is 0.221 e. The van der Waals surface area contributed by atoms with Gasteiger partial charge < -0.3 is 5.32 Å². The minimum Gasteiger partial charge on any atom is -0.355 e. The molecule has 0 aliphatic heterocycles. The molecule has 0 radical (unpaired) electrons. The molecule has 1 aromatic heterocycles. The molecule has 140 valence electrons. The van der Waals surface area contributed by atoms with Crippen LogP contribution in [0.25, 0.3) is 0 Å². The maximum atomic E-state index is 12.2. The number of amides is 1. The van der Waals surface area contributed by atoms with E-state index in [-0.39, 0.29) is 11.8 Å². The summed E-state index contributed by atoms with van der Waals surface area (Å²) in [5, 5.41) is 8.44. The van der Waals surface area contributed by atoms with Gasteiger partial charge in [0.25, 0.3) is 0 Å². The second kappa shape index (κ2) is 9.53. The van der Waals surface area contributed by atoms with Crippen LogP contribution in [-0.2, 0) is 17.8 Å². The first-order valence-electron chi connectivity index (χ1n) is 8.69. The van der Waals surface area contributed by atoms with Crippen LogP contribution in [0.3, 0.4) is 0 Å². The van der Waals surface area contributed by atoms with Crippen molar-refractivity contribution in [2.75, 3.05) is 6.54 Å². The third-order valence-corrected chi connectivity index (χ3v) is 4.82. The highest BCUT2D eigenvalue weighted by molar-refractivity contribution is 6.30. The van der Waals surface area contributed by atoms with E-state index in [1.165, 1.54) is 6.33 Å². The van der Waals surface area contributed by atoms with Crippen molar-refractivity contribution < 1.29 is 4.79 Å². The Balaban J connectivity index is 1.62. The largest absolute Gasteiger partial charge is 0.355 e. The van der Waals surface area contributed by atoms with Gasteiger partial charge in [-0.05, 0) is 41.8 Å². The minimum atomic E-state index is -0.0134. The van der Waals surface area contributed by atoms with Gasteiger partial charge in [-0.1, -0.05) is 47.5 Å². The second-order valence-electron chi connectivity index (χ2n) is 6.29. The molecule has 3 rings (SSSR count). The van der Waals surface area contributed by atoms with Gasteiger partial charge in [-0.3, -0.25) is 9.48 Å². The van der Waals surface area contributed by atoms with E-state index in [4.69, 9.17) is 23.2 Å². The lowest BCUT2D eigenvalue weighted by Crippen LogP contribution is -2.30. The van der Waals surface area contributed by atoms with Crippen LogP contribution in [0.2, 0.25) is 10.0 Å². The van der Waals surface area contributed by atoms with Crippen molar-refractivity contribution in [2.45, 2.75) is 25.3 Å². The molecular weight excluding hydrogens is 383 g/mol. The normalized spacial score (nSPS) is 11.9. The summed E-state index contributed by atoms with van der Waals surface area (Å²) in [6.07, 6.45) is 4.21. The van der Waals surface area contributed by atoms with E-state index in [2.05, 4.69) is 15.4 Å². The number of aromatic nitrogens is 3. The molecular formula is C20H20Cl2N4O. The number of hydrogen-bond acceptors (Lipinski definition) is 3. The first-order chi connectivity index (χ1) is 13.1. The number of aryl methyl sites for hydroxylation is 1. The Morgan fingerprint density at radius 1 is 1.04 bits per heavy atom. The Bertz CT molecular complexity index is 849. The summed E-state index contributed by atoms with van der Waals surface area (Å²) < 4.78 is 1.64. The summed E-state index contributed by atoms with van der Waals surface area (Å²) in [5.41, 5.74) is 2.29. The monoisotopic (exact) mass is 402 g/mol. The van der Waals surface area contributed by atoms with E-state index >= 15 is 0 Å². The highest BCUT2D eigenvalue weighted by atomic mass is 35.5. The van der Waals surface area contributed by atoms with Crippen molar-refractivity contribution in [1.82, 2.24) is 20.1 Å². The highest BCUT2D eigenvalue weighted by Crippen LogP contribution is 2.23. The van der Waals surface area contributed by atoms with E-state index in [0.717, 1.165) is 17.5 Å². The number of halogens is 2. The third-order valence-electron chi connectivity index (χ3n) is 4.32. The van der Waals surface area contributed by atoms with Crippen LogP contribution >= 0.6 is 23.2 Å². The first-order valence-corrected chi connectivity index (χ1v) is 9.45. The van der Waals surface area contributed by atoms with Crippen molar-refractivity contribution in [3.8, 4) is 0 Å². The number of carbonyl (C=O) groups excluding carboxylic acids is 1. The van der Waals surface area contributed by atoms with Crippen LogP contribution in [0.1, 0.15) is 23.5 Å². The van der Waals surface area contributed by atoms with Gasteiger partial charge in [-0.15, -0.1) is 0 Å². The topological polar surface area (TPSA) is 59.8 Å². The zero-order valence-electron chi connectivity index (χ0n) is 14.7. The Labute approximate surface area is 168 Å². The number of hydrogen-bond donors (Lipinski definition) is 1. The van der Waals surface area contributed by atoms with Gasteiger partial charge in [0.05, 0.1) is 6.54 Å². The zero-order valence-corrected chi connectivity index (χ0v) is 16.2. The summed E-state index contributed by atoms with van der Waals surface area (Å²) in [7, 11) is 0. The van der Waals surface area contributed by atoms with Crippen LogP contribution in [0, 0.1) is 0 Å². The molecule has 0 aliphatic carbocycles. The predicted molar refractivity (Wildman–Crippen MR) is 107 cm³/mol. The van der Waals surface area contributed by atoms with Crippen LogP contribution in [-0.4, -0.2) is 27.2 Å². The first kappa shape index (κ1) is 19.4. The maximum Gasteiger partial charge on any atom is 0.221 e. The van der Waals surface area contributed by atoms with Crippen molar-refractivity contribution in [3.05, 3.63) is 82.4 Å². The fraction of sp³-hybridized carbons (Fsp3) is 0.250. The molecule has 7 heteroatoms. The predicted octanol–water partition coefficient (Wildman–Crippen LogP) is 4.12. The highest BCUT2D eigenvalue weighted by Gasteiger charge is 2.14. The molecule has 0 fully saturated rings. The summed E-state index contributed by atoms with van der Waals surface area (Å²) in [4.78, 5) is 16.1. The molecule has 5 nitrogen and oxygen atoms in total. The van der Waals surface area contributed by atoms with Crippen LogP contribution in [0.15, 0.2) is 61.2 Å². The fourth-order valence-electron chi connectivity index (χ4n) is 2.84. The lowest BCUT2D eigenvalue weighted by Gasteiger charge is -2.19. The van der Waals surface area contributed by atoms with E-state index in [1.54, 1.807) is 11.0 Å². The van der Waals surface area contributed by atoms with Gasteiger partial charge in [-0.2, -0.15) is 5.10 Å². The van der Waals surface area contributed by atoms with Crippen LogP contribution in [0.4, 0.5) is 0 Å². The molecule has 1 atom stereocenters. The maximum absolute atomic E-state index is 12.2. The molecule has 0 aliphatic rings. The second-order valence-corrected chi connectivity index (χ2v) is 7.16. The Hall–Kier alpha value is -2.37. The number of benzene rings is 2. The van der Waals surface area contributed by atoms with E-state index in [9.17, 15) is 4.79 Å². The lowest BCUT2D eigenvalue weighted by atomic mass is 9.92. The molecule has 2 aromatic carbocycles. The summed E-state index contributed by atoms with van der Waals surface area (Å²) in [5.74, 6) is 0.124. The average molecular weight is 403 g/mol. The van der Waals surface area contributed by atoms with E-state index in [0.29, 0.717) is 29.6 Å². The fourth-order valence-corrected chi connectivity index (χ4v) is 3.09. The minimum absolute atomic E-state index is 0.0134. The van der Waals surface area contributed by atoms with Crippen molar-refractivity contribution in [3.63, 3.8) is 0 Å². The van der Waals surface area contributed by atoms with E-state index < -0.39 is 0 Å². The van der Waals surface area contributed by atoms with Crippen molar-refractivity contribution in [2.24, 2.45) is 0 Å². The molecule has 1 heterocycles. The molecule has 0 bridgehead atoms. The van der Waals surface area contributed by atoms with Gasteiger partial charge in [-0.25, -0.2) is 4.98 Å². The number of carbonyl (C=O) groups is 1. The molecule has 1 amide bonds. The van der Waals surface area contributed by atoms with Crippen LogP contribution < -0.4 is 5.32 Å². The van der Waals surface area contributed by atoms with Gasteiger partial charge >= 0.3 is 0 Å². The Kier molecular flexibility index (Phi) is 6.85. The molecule has 3 aromatic rings. The Morgan fingerprint density at radius 3 is 2.33 bits per heavy atom. The quantitative estimate of drug-likeness (QED) is 0.616. The summed E-state index contributed by atoms with van der Waals surface area (Å²) in [6, 6.07) is 15.5. The molecule has 0 saturated carbocycles. The third kappa shape index (κ3) is 6.08. The number of rotatable bonds is 8.